The van der Waals surface area contributed by atoms with Crippen molar-refractivity contribution >= 4 is 11.0 Å². The number of nitrogens with zero attached hydrogens (tertiary/aromatic N) is 2. The lowest BCUT2D eigenvalue weighted by molar-refractivity contribution is 0.115. The fourth-order valence-electron chi connectivity index (χ4n) is 2.58. The van der Waals surface area contributed by atoms with Crippen molar-refractivity contribution in [2.45, 2.75) is 31.5 Å². The van der Waals surface area contributed by atoms with Gasteiger partial charge in [0.15, 0.2) is 0 Å². The molecule has 0 bridgehead atoms. The lowest BCUT2D eigenvalue weighted by Crippen LogP contribution is -2.43. The Labute approximate surface area is 112 Å². The maximum absolute atomic E-state index is 9.87. The zero-order chi connectivity index (χ0) is 13.1. The highest BCUT2D eigenvalue weighted by atomic mass is 16.3. The Morgan fingerprint density at radius 2 is 2.42 bits per heavy atom. The SMILES string of the molecule is O[C@H]1CCCN[C@@H]1/C=C/Cn1ccc2cccnc21. The van der Waals surface area contributed by atoms with Crippen molar-refractivity contribution < 1.29 is 5.11 Å². The third-order valence-electron chi connectivity index (χ3n) is 3.64. The van der Waals surface area contributed by atoms with Crippen LogP contribution in [-0.2, 0) is 6.54 Å². The lowest BCUT2D eigenvalue weighted by Gasteiger charge is -2.26. The van der Waals surface area contributed by atoms with E-state index in [1.165, 1.54) is 0 Å². The molecule has 0 aromatic carbocycles. The van der Waals surface area contributed by atoms with E-state index in [1.807, 2.05) is 18.5 Å². The molecule has 1 saturated heterocycles. The van der Waals surface area contributed by atoms with Crippen LogP contribution in [0.25, 0.3) is 11.0 Å². The van der Waals surface area contributed by atoms with Gasteiger partial charge in [-0.1, -0.05) is 12.2 Å². The van der Waals surface area contributed by atoms with Gasteiger partial charge in [0.25, 0.3) is 0 Å². The summed E-state index contributed by atoms with van der Waals surface area (Å²) in [7, 11) is 0. The summed E-state index contributed by atoms with van der Waals surface area (Å²) >= 11 is 0. The summed E-state index contributed by atoms with van der Waals surface area (Å²) in [4.78, 5) is 4.39. The Bertz CT molecular complexity index is 576. The lowest BCUT2D eigenvalue weighted by atomic mass is 10.0. The summed E-state index contributed by atoms with van der Waals surface area (Å²) in [5.74, 6) is 0. The second-order valence-corrected chi connectivity index (χ2v) is 5.00. The standard InChI is InChI=1S/C15H19N3O/c19-14-6-2-8-16-13(14)5-3-10-18-11-7-12-4-1-9-17-15(12)18/h1,3-5,7,9,11,13-14,16,19H,2,6,8,10H2/b5-3+/t13-,14+/m1/s1. The zero-order valence-electron chi connectivity index (χ0n) is 10.9. The van der Waals surface area contributed by atoms with Gasteiger partial charge in [-0.3, -0.25) is 0 Å². The normalized spacial score (nSPS) is 24.3. The first-order valence-electron chi connectivity index (χ1n) is 6.82. The quantitative estimate of drug-likeness (QED) is 0.823. The van der Waals surface area contributed by atoms with Crippen LogP contribution in [0.1, 0.15) is 12.8 Å². The van der Waals surface area contributed by atoms with Crippen molar-refractivity contribution in [3.63, 3.8) is 0 Å². The fourth-order valence-corrected chi connectivity index (χ4v) is 2.58. The predicted molar refractivity (Wildman–Crippen MR) is 75.9 cm³/mol. The van der Waals surface area contributed by atoms with Gasteiger partial charge in [-0.2, -0.15) is 0 Å². The van der Waals surface area contributed by atoms with Gasteiger partial charge >= 0.3 is 0 Å². The third kappa shape index (κ3) is 2.69. The van der Waals surface area contributed by atoms with Crippen LogP contribution in [0, 0.1) is 0 Å². The van der Waals surface area contributed by atoms with E-state index in [9.17, 15) is 5.11 Å². The highest BCUT2D eigenvalue weighted by Crippen LogP contribution is 2.13. The van der Waals surface area contributed by atoms with E-state index in [1.54, 1.807) is 0 Å². The molecule has 4 heteroatoms. The molecule has 0 saturated carbocycles. The van der Waals surface area contributed by atoms with E-state index in [0.717, 1.165) is 37.0 Å². The number of fused-ring (bicyclic) bond motifs is 1. The molecule has 2 atom stereocenters. The summed E-state index contributed by atoms with van der Waals surface area (Å²) in [6.45, 7) is 1.77. The Morgan fingerprint density at radius 1 is 1.47 bits per heavy atom. The number of nitrogens with one attached hydrogen (secondary N) is 1. The maximum Gasteiger partial charge on any atom is 0.140 e. The van der Waals surface area contributed by atoms with Crippen LogP contribution in [0.3, 0.4) is 0 Å². The second kappa shape index (κ2) is 5.55. The van der Waals surface area contributed by atoms with Crippen molar-refractivity contribution in [1.82, 2.24) is 14.9 Å². The van der Waals surface area contributed by atoms with Crippen LogP contribution in [0.15, 0.2) is 42.7 Å². The summed E-state index contributed by atoms with van der Waals surface area (Å²) in [5, 5.41) is 14.3. The molecule has 2 aromatic rings. The Hall–Kier alpha value is -1.65. The number of aliphatic hydroxyl groups is 1. The number of pyridine rings is 1. The minimum atomic E-state index is -0.260. The van der Waals surface area contributed by atoms with Crippen LogP contribution in [-0.4, -0.2) is 33.3 Å². The van der Waals surface area contributed by atoms with Gasteiger partial charge in [-0.25, -0.2) is 4.98 Å². The molecule has 2 N–H and O–H groups in total. The smallest absolute Gasteiger partial charge is 0.140 e. The number of aliphatic hydroxyl groups excluding tert-OH is 1. The van der Waals surface area contributed by atoms with E-state index in [2.05, 4.69) is 39.2 Å². The summed E-state index contributed by atoms with van der Waals surface area (Å²) in [6, 6.07) is 6.17. The molecular formula is C15H19N3O. The molecule has 2 aromatic heterocycles. The van der Waals surface area contributed by atoms with E-state index in [0.29, 0.717) is 0 Å². The summed E-state index contributed by atoms with van der Waals surface area (Å²) < 4.78 is 2.11. The molecule has 100 valence electrons. The number of allylic oxidation sites excluding steroid dienone is 1. The fraction of sp³-hybridized carbons (Fsp3) is 0.400. The summed E-state index contributed by atoms with van der Waals surface area (Å²) in [6.07, 6.45) is 9.71. The predicted octanol–water partition coefficient (Wildman–Crippen LogP) is 1.71. The number of hydrogen-bond donors (Lipinski definition) is 2. The number of piperidine rings is 1. The zero-order valence-corrected chi connectivity index (χ0v) is 10.9. The van der Waals surface area contributed by atoms with Crippen molar-refractivity contribution in [2.24, 2.45) is 0 Å². The monoisotopic (exact) mass is 257 g/mol. The second-order valence-electron chi connectivity index (χ2n) is 5.00. The van der Waals surface area contributed by atoms with Crippen LogP contribution in [0.4, 0.5) is 0 Å². The molecule has 1 fully saturated rings. The molecule has 0 amide bonds. The molecule has 0 aliphatic carbocycles. The van der Waals surface area contributed by atoms with Crippen molar-refractivity contribution in [1.29, 1.82) is 0 Å². The van der Waals surface area contributed by atoms with E-state index < -0.39 is 0 Å². The van der Waals surface area contributed by atoms with Gasteiger partial charge in [-0.05, 0) is 37.6 Å². The first-order chi connectivity index (χ1) is 9.34. The molecule has 0 spiro atoms. The minimum absolute atomic E-state index is 0.0866. The van der Waals surface area contributed by atoms with Crippen LogP contribution < -0.4 is 5.32 Å². The van der Waals surface area contributed by atoms with Gasteiger partial charge in [0.1, 0.15) is 5.65 Å². The van der Waals surface area contributed by atoms with Crippen molar-refractivity contribution in [2.75, 3.05) is 6.54 Å². The number of hydrogen-bond acceptors (Lipinski definition) is 3. The van der Waals surface area contributed by atoms with Gasteiger partial charge in [-0.15, -0.1) is 0 Å². The molecule has 1 aliphatic heterocycles. The molecule has 19 heavy (non-hydrogen) atoms. The van der Waals surface area contributed by atoms with Gasteiger partial charge in [0, 0.05) is 24.3 Å². The highest BCUT2D eigenvalue weighted by molar-refractivity contribution is 5.75. The van der Waals surface area contributed by atoms with E-state index >= 15 is 0 Å². The average Bonchev–Trinajstić information content (AvgIpc) is 2.85. The molecule has 4 nitrogen and oxygen atoms in total. The topological polar surface area (TPSA) is 50.1 Å². The van der Waals surface area contributed by atoms with Crippen LogP contribution in [0.2, 0.25) is 0 Å². The maximum atomic E-state index is 9.87. The molecule has 3 rings (SSSR count). The van der Waals surface area contributed by atoms with E-state index in [4.69, 9.17) is 0 Å². The molecule has 3 heterocycles. The number of aromatic nitrogens is 2. The minimum Gasteiger partial charge on any atom is -0.391 e. The number of rotatable bonds is 3. The van der Waals surface area contributed by atoms with Gasteiger partial charge in [0.2, 0.25) is 0 Å². The van der Waals surface area contributed by atoms with Gasteiger partial charge in [0.05, 0.1) is 12.1 Å². The largest absolute Gasteiger partial charge is 0.391 e. The van der Waals surface area contributed by atoms with Crippen LogP contribution in [0.5, 0.6) is 0 Å². The average molecular weight is 257 g/mol. The third-order valence-corrected chi connectivity index (χ3v) is 3.64. The Balaban J connectivity index is 1.68. The Kier molecular flexibility index (Phi) is 3.62. The molecule has 1 aliphatic rings. The van der Waals surface area contributed by atoms with Crippen LogP contribution >= 0.6 is 0 Å². The highest BCUT2D eigenvalue weighted by Gasteiger charge is 2.19. The molecular weight excluding hydrogens is 238 g/mol. The van der Waals surface area contributed by atoms with E-state index in [-0.39, 0.29) is 12.1 Å². The summed E-state index contributed by atoms with van der Waals surface area (Å²) in [5.41, 5.74) is 1.00. The van der Waals surface area contributed by atoms with Crippen molar-refractivity contribution in [3.8, 4) is 0 Å². The first-order valence-corrected chi connectivity index (χ1v) is 6.82. The molecule has 0 radical (unpaired) electrons. The Morgan fingerprint density at radius 3 is 3.32 bits per heavy atom. The molecule has 0 unspecified atom stereocenters. The van der Waals surface area contributed by atoms with Crippen molar-refractivity contribution in [3.05, 3.63) is 42.7 Å². The first kappa shape index (κ1) is 12.4. The van der Waals surface area contributed by atoms with Gasteiger partial charge < -0.3 is 15.0 Å².